The zero-order valence-electron chi connectivity index (χ0n) is 10.9. The quantitative estimate of drug-likeness (QED) is 0.597. The van der Waals surface area contributed by atoms with Gasteiger partial charge in [0.2, 0.25) is 5.01 Å². The molecule has 0 radical (unpaired) electrons. The van der Waals surface area contributed by atoms with Gasteiger partial charge in [-0.05, 0) is 27.1 Å². The molecule has 1 unspecified atom stereocenters. The fraction of sp³-hybridized carbons (Fsp3) is 0.188. The third-order valence-electron chi connectivity index (χ3n) is 2.65. The van der Waals surface area contributed by atoms with Crippen LogP contribution in [0.25, 0.3) is 0 Å². The summed E-state index contributed by atoms with van der Waals surface area (Å²) in [7, 11) is 0. The highest BCUT2D eigenvalue weighted by atomic mass is 79.9. The first-order chi connectivity index (χ1) is 9.75. The Hall–Kier alpha value is -1.65. The van der Waals surface area contributed by atoms with E-state index in [1.807, 2.05) is 60.7 Å². The predicted octanol–water partition coefficient (Wildman–Crippen LogP) is 3.67. The summed E-state index contributed by atoms with van der Waals surface area (Å²) in [5.41, 5.74) is 1.96. The van der Waals surface area contributed by atoms with E-state index in [0.717, 1.165) is 11.1 Å². The van der Waals surface area contributed by atoms with Crippen molar-refractivity contribution < 1.29 is 14.3 Å². The number of benzene rings is 2. The summed E-state index contributed by atoms with van der Waals surface area (Å²) in [6.45, 7) is 0.605. The second kappa shape index (κ2) is 7.82. The van der Waals surface area contributed by atoms with Gasteiger partial charge in [-0.3, -0.25) is 0 Å². The van der Waals surface area contributed by atoms with Crippen LogP contribution in [0.2, 0.25) is 0 Å². The molecule has 0 bridgehead atoms. The molecule has 0 saturated carbocycles. The van der Waals surface area contributed by atoms with E-state index < -0.39 is 11.0 Å². The van der Waals surface area contributed by atoms with Crippen molar-refractivity contribution in [3.05, 3.63) is 71.8 Å². The Balaban J connectivity index is 1.75. The van der Waals surface area contributed by atoms with Crippen LogP contribution in [0.3, 0.4) is 0 Å². The molecule has 1 atom stereocenters. The molecule has 0 heterocycles. The Kier molecular flexibility index (Phi) is 5.77. The molecular formula is C16H15BrO3. The molecule has 2 rings (SSSR count). The number of ether oxygens (including phenoxy) is 2. The normalized spacial score (nSPS) is 11.8. The topological polar surface area (TPSA) is 35.5 Å². The molecule has 3 nitrogen and oxygen atoms in total. The smallest absolute Gasteiger partial charge is 0.346 e. The van der Waals surface area contributed by atoms with Gasteiger partial charge in [0.15, 0.2) is 0 Å². The zero-order chi connectivity index (χ0) is 14.2. The molecule has 0 spiro atoms. The van der Waals surface area contributed by atoms with Crippen LogP contribution in [0.1, 0.15) is 11.1 Å². The van der Waals surface area contributed by atoms with E-state index in [-0.39, 0.29) is 6.61 Å². The van der Waals surface area contributed by atoms with Crippen molar-refractivity contribution >= 4 is 21.9 Å². The maximum atomic E-state index is 11.7. The molecule has 0 saturated heterocycles. The molecule has 0 aliphatic rings. The third-order valence-corrected chi connectivity index (χ3v) is 3.29. The number of hydrogen-bond donors (Lipinski definition) is 0. The zero-order valence-corrected chi connectivity index (χ0v) is 12.5. The summed E-state index contributed by atoms with van der Waals surface area (Å²) in [6, 6.07) is 19.2. The van der Waals surface area contributed by atoms with Gasteiger partial charge in [-0.2, -0.15) is 0 Å². The summed E-state index contributed by atoms with van der Waals surface area (Å²) in [5, 5.41) is -0.758. The molecule has 20 heavy (non-hydrogen) atoms. The number of rotatable bonds is 6. The monoisotopic (exact) mass is 334 g/mol. The molecule has 2 aromatic rings. The predicted molar refractivity (Wildman–Crippen MR) is 80.2 cm³/mol. The Morgan fingerprint density at radius 1 is 0.900 bits per heavy atom. The van der Waals surface area contributed by atoms with E-state index >= 15 is 0 Å². The lowest BCUT2D eigenvalue weighted by atomic mass is 10.2. The van der Waals surface area contributed by atoms with Crippen LogP contribution < -0.4 is 0 Å². The number of carbonyl (C=O) groups is 1. The Bertz CT molecular complexity index is 528. The molecular weight excluding hydrogens is 320 g/mol. The summed E-state index contributed by atoms with van der Waals surface area (Å²) >= 11 is 3.18. The highest BCUT2D eigenvalue weighted by molar-refractivity contribution is 9.09. The summed E-state index contributed by atoms with van der Waals surface area (Å²) in [4.78, 5) is 11.7. The largest absolute Gasteiger partial charge is 0.458 e. The van der Waals surface area contributed by atoms with Crippen LogP contribution in [0.15, 0.2) is 60.7 Å². The lowest BCUT2D eigenvalue weighted by molar-refractivity contribution is -0.152. The van der Waals surface area contributed by atoms with Gasteiger partial charge in [0.05, 0.1) is 6.61 Å². The van der Waals surface area contributed by atoms with E-state index in [2.05, 4.69) is 15.9 Å². The number of alkyl halides is 1. The van der Waals surface area contributed by atoms with Crippen LogP contribution >= 0.6 is 15.9 Å². The fourth-order valence-corrected chi connectivity index (χ4v) is 1.87. The molecule has 0 aliphatic carbocycles. The van der Waals surface area contributed by atoms with Crippen molar-refractivity contribution in [3.8, 4) is 0 Å². The highest BCUT2D eigenvalue weighted by Gasteiger charge is 2.17. The molecule has 0 N–H and O–H groups in total. The number of hydrogen-bond acceptors (Lipinski definition) is 3. The van der Waals surface area contributed by atoms with E-state index in [1.54, 1.807) is 0 Å². The van der Waals surface area contributed by atoms with Crippen molar-refractivity contribution in [2.75, 3.05) is 0 Å². The first-order valence-electron chi connectivity index (χ1n) is 6.26. The van der Waals surface area contributed by atoms with Gasteiger partial charge in [-0.15, -0.1) is 0 Å². The molecule has 2 aromatic carbocycles. The van der Waals surface area contributed by atoms with Gasteiger partial charge in [-0.25, -0.2) is 4.79 Å². The highest BCUT2D eigenvalue weighted by Crippen LogP contribution is 2.11. The fourth-order valence-electron chi connectivity index (χ4n) is 1.61. The van der Waals surface area contributed by atoms with E-state index in [9.17, 15) is 4.79 Å². The number of esters is 1. The second-order valence-corrected chi connectivity index (χ2v) is 5.04. The van der Waals surface area contributed by atoms with E-state index in [4.69, 9.17) is 9.47 Å². The molecule has 0 amide bonds. The van der Waals surface area contributed by atoms with Gasteiger partial charge in [0.25, 0.3) is 0 Å². The Labute approximate surface area is 126 Å². The van der Waals surface area contributed by atoms with Crippen LogP contribution in [0, 0.1) is 0 Å². The first-order valence-corrected chi connectivity index (χ1v) is 7.17. The van der Waals surface area contributed by atoms with Crippen LogP contribution in [-0.2, 0) is 27.5 Å². The summed E-state index contributed by atoms with van der Waals surface area (Å²) in [5.74, 6) is -0.426. The van der Waals surface area contributed by atoms with Gasteiger partial charge in [-0.1, -0.05) is 60.7 Å². The second-order valence-electron chi connectivity index (χ2n) is 4.21. The van der Waals surface area contributed by atoms with Gasteiger partial charge in [0, 0.05) is 0 Å². The molecule has 0 aromatic heterocycles. The van der Waals surface area contributed by atoms with Gasteiger partial charge < -0.3 is 9.47 Å². The Morgan fingerprint density at radius 3 is 1.95 bits per heavy atom. The number of halogens is 1. The van der Waals surface area contributed by atoms with Crippen molar-refractivity contribution in [3.63, 3.8) is 0 Å². The SMILES string of the molecule is O=C(OCc1ccccc1)C(Br)OCc1ccccc1. The van der Waals surface area contributed by atoms with Crippen molar-refractivity contribution in [1.82, 2.24) is 0 Å². The summed E-state index contributed by atoms with van der Waals surface area (Å²) < 4.78 is 10.6. The molecule has 0 aliphatic heterocycles. The average Bonchev–Trinajstić information content (AvgIpc) is 2.52. The van der Waals surface area contributed by atoms with Crippen LogP contribution in [0.4, 0.5) is 0 Å². The third kappa shape index (κ3) is 4.79. The van der Waals surface area contributed by atoms with Crippen LogP contribution in [0.5, 0.6) is 0 Å². The first kappa shape index (κ1) is 14.8. The van der Waals surface area contributed by atoms with Crippen molar-refractivity contribution in [1.29, 1.82) is 0 Å². The van der Waals surface area contributed by atoms with Crippen molar-refractivity contribution in [2.24, 2.45) is 0 Å². The van der Waals surface area contributed by atoms with E-state index in [0.29, 0.717) is 6.61 Å². The summed E-state index contributed by atoms with van der Waals surface area (Å²) in [6.07, 6.45) is 0. The molecule has 104 valence electrons. The molecule has 4 heteroatoms. The Morgan fingerprint density at radius 2 is 1.40 bits per heavy atom. The standard InChI is InChI=1S/C16H15BrO3/c17-15(19-11-13-7-3-1-4-8-13)16(18)20-12-14-9-5-2-6-10-14/h1-10,15H,11-12H2. The van der Waals surface area contributed by atoms with Crippen LogP contribution in [-0.4, -0.2) is 11.0 Å². The maximum absolute atomic E-state index is 11.7. The lowest BCUT2D eigenvalue weighted by Gasteiger charge is -2.11. The number of carbonyl (C=O) groups excluding carboxylic acids is 1. The minimum absolute atomic E-state index is 0.246. The van der Waals surface area contributed by atoms with Crippen molar-refractivity contribution in [2.45, 2.75) is 18.2 Å². The van der Waals surface area contributed by atoms with Gasteiger partial charge in [0.1, 0.15) is 6.61 Å². The lowest BCUT2D eigenvalue weighted by Crippen LogP contribution is -2.20. The minimum Gasteiger partial charge on any atom is -0.458 e. The minimum atomic E-state index is -0.758. The van der Waals surface area contributed by atoms with Gasteiger partial charge >= 0.3 is 5.97 Å². The average molecular weight is 335 g/mol. The van der Waals surface area contributed by atoms with E-state index in [1.165, 1.54) is 0 Å². The maximum Gasteiger partial charge on any atom is 0.346 e. The molecule has 0 fully saturated rings.